The monoisotopic (exact) mass is 436 g/mol. The van der Waals surface area contributed by atoms with Crippen LogP contribution in [0.2, 0.25) is 0 Å². The van der Waals surface area contributed by atoms with Gasteiger partial charge in [0.2, 0.25) is 0 Å². The summed E-state index contributed by atoms with van der Waals surface area (Å²) in [5.41, 5.74) is 12.1. The van der Waals surface area contributed by atoms with Crippen LogP contribution < -0.4 is 26.8 Å². The van der Waals surface area contributed by atoms with E-state index in [1.165, 1.54) is 6.20 Å². The number of nitrogens with two attached hydrogens (primary N) is 2. The summed E-state index contributed by atoms with van der Waals surface area (Å²) >= 11 is 0. The van der Waals surface area contributed by atoms with Gasteiger partial charge in [0, 0.05) is 18.2 Å². The number of anilines is 3. The zero-order chi connectivity index (χ0) is 22.5. The SMILES string of the molecule is NC(=O)c1cc(F)c(NC2CCCCC2N)nc1Nc1cncc(Oc2ccccc2)c1. The minimum absolute atomic E-state index is 0.0181. The molecule has 0 spiro atoms. The first-order chi connectivity index (χ1) is 15.5. The van der Waals surface area contributed by atoms with Gasteiger partial charge in [-0.15, -0.1) is 0 Å². The zero-order valence-corrected chi connectivity index (χ0v) is 17.4. The molecule has 1 saturated carbocycles. The second-order valence-electron chi connectivity index (χ2n) is 7.73. The molecule has 0 saturated heterocycles. The van der Waals surface area contributed by atoms with Gasteiger partial charge in [-0.25, -0.2) is 9.37 Å². The summed E-state index contributed by atoms with van der Waals surface area (Å²) in [6, 6.07) is 11.8. The predicted octanol–water partition coefficient (Wildman–Crippen LogP) is 3.93. The van der Waals surface area contributed by atoms with Crippen LogP contribution >= 0.6 is 0 Å². The molecule has 0 aliphatic heterocycles. The predicted molar refractivity (Wildman–Crippen MR) is 121 cm³/mol. The number of carbonyl (C=O) groups is 1. The molecular weight excluding hydrogens is 411 g/mol. The molecule has 2 atom stereocenters. The van der Waals surface area contributed by atoms with E-state index < -0.39 is 11.7 Å². The van der Waals surface area contributed by atoms with Crippen molar-refractivity contribution in [1.82, 2.24) is 9.97 Å². The number of nitrogens with zero attached hydrogens (tertiary/aromatic N) is 2. The van der Waals surface area contributed by atoms with E-state index in [1.807, 2.05) is 30.3 Å². The molecule has 9 heteroatoms. The van der Waals surface area contributed by atoms with Gasteiger partial charge in [-0.1, -0.05) is 31.0 Å². The lowest BCUT2D eigenvalue weighted by atomic mass is 9.91. The van der Waals surface area contributed by atoms with E-state index in [4.69, 9.17) is 16.2 Å². The Balaban J connectivity index is 1.59. The third-order valence-corrected chi connectivity index (χ3v) is 5.34. The molecule has 1 amide bonds. The number of ether oxygens (including phenoxy) is 1. The molecule has 2 aromatic heterocycles. The maximum Gasteiger partial charge on any atom is 0.252 e. The van der Waals surface area contributed by atoms with Gasteiger partial charge in [-0.2, -0.15) is 0 Å². The van der Waals surface area contributed by atoms with Crippen molar-refractivity contribution < 1.29 is 13.9 Å². The maximum atomic E-state index is 14.7. The number of para-hydroxylation sites is 1. The molecule has 1 aliphatic carbocycles. The summed E-state index contributed by atoms with van der Waals surface area (Å²) in [6.45, 7) is 0. The number of rotatable bonds is 7. The highest BCUT2D eigenvalue weighted by Gasteiger charge is 2.24. The number of nitrogens with one attached hydrogen (secondary N) is 2. The first-order valence-corrected chi connectivity index (χ1v) is 10.5. The van der Waals surface area contributed by atoms with Crippen LogP contribution in [-0.2, 0) is 0 Å². The molecule has 2 unspecified atom stereocenters. The van der Waals surface area contributed by atoms with Crippen LogP contribution in [0.3, 0.4) is 0 Å². The van der Waals surface area contributed by atoms with Gasteiger partial charge < -0.3 is 26.8 Å². The third-order valence-electron chi connectivity index (χ3n) is 5.34. The summed E-state index contributed by atoms with van der Waals surface area (Å²) in [7, 11) is 0. The number of carbonyl (C=O) groups excluding carboxylic acids is 1. The number of aromatic nitrogens is 2. The van der Waals surface area contributed by atoms with Gasteiger partial charge in [0.15, 0.2) is 11.6 Å². The second kappa shape index (κ2) is 9.61. The molecule has 3 aromatic rings. The Morgan fingerprint density at radius 2 is 1.84 bits per heavy atom. The summed E-state index contributed by atoms with van der Waals surface area (Å²) in [4.78, 5) is 20.4. The topological polar surface area (TPSA) is 128 Å². The van der Waals surface area contributed by atoms with Crippen molar-refractivity contribution in [2.24, 2.45) is 11.5 Å². The first-order valence-electron chi connectivity index (χ1n) is 10.5. The number of amides is 1. The van der Waals surface area contributed by atoms with Crippen LogP contribution in [0.4, 0.5) is 21.7 Å². The molecule has 1 aromatic carbocycles. The smallest absolute Gasteiger partial charge is 0.252 e. The second-order valence-corrected chi connectivity index (χ2v) is 7.73. The number of hydrogen-bond acceptors (Lipinski definition) is 7. The van der Waals surface area contributed by atoms with Gasteiger partial charge >= 0.3 is 0 Å². The molecule has 0 bridgehead atoms. The molecule has 1 fully saturated rings. The molecule has 2 heterocycles. The van der Waals surface area contributed by atoms with E-state index in [-0.39, 0.29) is 29.3 Å². The Bertz CT molecular complexity index is 1100. The average molecular weight is 436 g/mol. The Labute approximate surface area is 185 Å². The average Bonchev–Trinajstić information content (AvgIpc) is 2.78. The van der Waals surface area contributed by atoms with E-state index in [1.54, 1.807) is 12.3 Å². The lowest BCUT2D eigenvalue weighted by Gasteiger charge is -2.30. The van der Waals surface area contributed by atoms with Crippen LogP contribution in [0.5, 0.6) is 11.5 Å². The van der Waals surface area contributed by atoms with Crippen LogP contribution in [0.25, 0.3) is 0 Å². The van der Waals surface area contributed by atoms with Gasteiger partial charge in [0.1, 0.15) is 17.3 Å². The van der Waals surface area contributed by atoms with Crippen molar-refractivity contribution in [3.8, 4) is 11.5 Å². The molecule has 4 rings (SSSR count). The number of primary amides is 1. The highest BCUT2D eigenvalue weighted by Crippen LogP contribution is 2.28. The van der Waals surface area contributed by atoms with Crippen LogP contribution in [-0.4, -0.2) is 28.0 Å². The standard InChI is InChI=1S/C23H25FN6O2/c24-18-11-17(21(26)31)22(30-23(18)29-20-9-5-4-8-19(20)25)28-14-10-16(13-27-12-14)32-15-6-2-1-3-7-15/h1-3,6-7,10-13,19-20H,4-5,8-9,25H2,(H2,26,31)(H2,28,29,30). The molecule has 32 heavy (non-hydrogen) atoms. The van der Waals surface area contributed by atoms with Crippen molar-refractivity contribution in [1.29, 1.82) is 0 Å². The molecule has 1 aliphatic rings. The molecule has 6 N–H and O–H groups in total. The van der Waals surface area contributed by atoms with E-state index in [9.17, 15) is 9.18 Å². The quantitative estimate of drug-likeness (QED) is 0.442. The van der Waals surface area contributed by atoms with Crippen molar-refractivity contribution in [2.45, 2.75) is 37.8 Å². The zero-order valence-electron chi connectivity index (χ0n) is 17.4. The van der Waals surface area contributed by atoms with Crippen LogP contribution in [0.1, 0.15) is 36.0 Å². The fraction of sp³-hybridized carbons (Fsp3) is 0.261. The fourth-order valence-electron chi connectivity index (χ4n) is 3.69. The van der Waals surface area contributed by atoms with E-state index in [0.717, 1.165) is 31.7 Å². The van der Waals surface area contributed by atoms with Crippen molar-refractivity contribution >= 4 is 23.2 Å². The lowest BCUT2D eigenvalue weighted by molar-refractivity contribution is 0.100. The summed E-state index contributed by atoms with van der Waals surface area (Å²) in [5.74, 6) is -0.199. The van der Waals surface area contributed by atoms with E-state index in [0.29, 0.717) is 17.2 Å². The minimum atomic E-state index is -0.801. The summed E-state index contributed by atoms with van der Waals surface area (Å²) in [6.07, 6.45) is 6.85. The third kappa shape index (κ3) is 5.12. The van der Waals surface area contributed by atoms with E-state index in [2.05, 4.69) is 20.6 Å². The van der Waals surface area contributed by atoms with Crippen LogP contribution in [0, 0.1) is 5.82 Å². The highest BCUT2D eigenvalue weighted by atomic mass is 19.1. The normalized spacial score (nSPS) is 18.1. The maximum absolute atomic E-state index is 14.7. The number of benzene rings is 1. The Morgan fingerprint density at radius 1 is 1.06 bits per heavy atom. The van der Waals surface area contributed by atoms with Crippen molar-refractivity contribution in [3.63, 3.8) is 0 Å². The molecule has 8 nitrogen and oxygen atoms in total. The lowest BCUT2D eigenvalue weighted by Crippen LogP contribution is -2.43. The van der Waals surface area contributed by atoms with Gasteiger partial charge in [-0.05, 0) is 31.0 Å². The Kier molecular flexibility index (Phi) is 6.46. The molecule has 166 valence electrons. The summed E-state index contributed by atoms with van der Waals surface area (Å²) < 4.78 is 20.5. The van der Waals surface area contributed by atoms with Gasteiger partial charge in [0.25, 0.3) is 5.91 Å². The number of halogens is 1. The largest absolute Gasteiger partial charge is 0.456 e. The van der Waals surface area contributed by atoms with Crippen molar-refractivity contribution in [3.05, 3.63) is 66.2 Å². The first kappa shape index (κ1) is 21.5. The fourth-order valence-corrected chi connectivity index (χ4v) is 3.69. The van der Waals surface area contributed by atoms with Gasteiger partial charge in [0.05, 0.1) is 23.6 Å². The van der Waals surface area contributed by atoms with Gasteiger partial charge in [-0.3, -0.25) is 9.78 Å². The van der Waals surface area contributed by atoms with Crippen LogP contribution in [0.15, 0.2) is 54.9 Å². The molecule has 0 radical (unpaired) electrons. The molecular formula is C23H25FN6O2. The Hall–Kier alpha value is -3.72. The number of pyridine rings is 2. The highest BCUT2D eigenvalue weighted by molar-refractivity contribution is 5.98. The van der Waals surface area contributed by atoms with Crippen molar-refractivity contribution in [2.75, 3.05) is 10.6 Å². The van der Waals surface area contributed by atoms with E-state index >= 15 is 0 Å². The minimum Gasteiger partial charge on any atom is -0.456 e. The Morgan fingerprint density at radius 3 is 2.59 bits per heavy atom. The summed E-state index contributed by atoms with van der Waals surface area (Å²) in [5, 5.41) is 6.10. The number of hydrogen-bond donors (Lipinski definition) is 4.